The van der Waals surface area contributed by atoms with E-state index in [1.165, 1.54) is 5.56 Å². The van der Waals surface area contributed by atoms with Gasteiger partial charge in [-0.05, 0) is 23.8 Å². The van der Waals surface area contributed by atoms with E-state index in [9.17, 15) is 0 Å². The van der Waals surface area contributed by atoms with Gasteiger partial charge in [0.25, 0.3) is 0 Å². The van der Waals surface area contributed by atoms with Crippen LogP contribution in [0.1, 0.15) is 17.4 Å². The molecular formula is C13H11NO. The second-order valence-electron chi connectivity index (χ2n) is 3.67. The van der Waals surface area contributed by atoms with Crippen molar-refractivity contribution in [2.45, 2.75) is 12.5 Å². The van der Waals surface area contributed by atoms with Crippen molar-refractivity contribution in [3.05, 3.63) is 59.9 Å². The Morgan fingerprint density at radius 1 is 1.07 bits per heavy atom. The summed E-state index contributed by atoms with van der Waals surface area (Å²) in [5.41, 5.74) is 2.28. The van der Waals surface area contributed by atoms with Crippen LogP contribution in [0.2, 0.25) is 0 Å². The zero-order valence-electron chi connectivity index (χ0n) is 8.26. The van der Waals surface area contributed by atoms with Gasteiger partial charge in [0.15, 0.2) is 0 Å². The molecule has 0 amide bonds. The van der Waals surface area contributed by atoms with E-state index in [4.69, 9.17) is 4.74 Å². The second-order valence-corrected chi connectivity index (χ2v) is 3.67. The molecule has 2 aromatic rings. The van der Waals surface area contributed by atoms with E-state index in [1.807, 2.05) is 42.6 Å². The molecule has 1 aliphatic heterocycles. The number of pyridine rings is 1. The third-order valence-electron chi connectivity index (χ3n) is 2.66. The fourth-order valence-corrected chi connectivity index (χ4v) is 1.91. The summed E-state index contributed by atoms with van der Waals surface area (Å²) in [6.45, 7) is 0. The van der Waals surface area contributed by atoms with Gasteiger partial charge in [-0.25, -0.2) is 0 Å². The highest BCUT2D eigenvalue weighted by molar-refractivity contribution is 5.38. The minimum atomic E-state index is 0.0867. The van der Waals surface area contributed by atoms with Crippen LogP contribution < -0.4 is 4.74 Å². The number of para-hydroxylation sites is 1. The molecule has 2 heteroatoms. The van der Waals surface area contributed by atoms with Gasteiger partial charge in [0.2, 0.25) is 0 Å². The van der Waals surface area contributed by atoms with E-state index in [0.717, 1.165) is 17.9 Å². The van der Waals surface area contributed by atoms with Crippen LogP contribution in [-0.4, -0.2) is 4.98 Å². The van der Waals surface area contributed by atoms with E-state index in [-0.39, 0.29) is 6.10 Å². The Morgan fingerprint density at radius 2 is 1.93 bits per heavy atom. The van der Waals surface area contributed by atoms with Crippen molar-refractivity contribution in [3.8, 4) is 5.75 Å². The number of aromatic nitrogens is 1. The van der Waals surface area contributed by atoms with Crippen LogP contribution in [0.3, 0.4) is 0 Å². The number of nitrogens with zero attached hydrogens (tertiary/aromatic N) is 1. The highest BCUT2D eigenvalue weighted by Crippen LogP contribution is 2.35. The lowest BCUT2D eigenvalue weighted by molar-refractivity contribution is 0.233. The van der Waals surface area contributed by atoms with E-state index in [2.05, 4.69) is 11.1 Å². The molecule has 1 aromatic heterocycles. The van der Waals surface area contributed by atoms with Crippen LogP contribution in [0.25, 0.3) is 0 Å². The Morgan fingerprint density at radius 3 is 2.73 bits per heavy atom. The average Bonchev–Trinajstić information content (AvgIpc) is 2.74. The predicted octanol–water partition coefficient (Wildman–Crippen LogP) is 2.76. The van der Waals surface area contributed by atoms with Crippen LogP contribution in [0.4, 0.5) is 0 Å². The molecule has 1 atom stereocenters. The average molecular weight is 197 g/mol. The Hall–Kier alpha value is -1.83. The van der Waals surface area contributed by atoms with Crippen molar-refractivity contribution in [1.82, 2.24) is 4.98 Å². The fourth-order valence-electron chi connectivity index (χ4n) is 1.91. The number of hydrogen-bond donors (Lipinski definition) is 0. The number of hydrogen-bond acceptors (Lipinski definition) is 2. The highest BCUT2D eigenvalue weighted by atomic mass is 16.5. The summed E-state index contributed by atoms with van der Waals surface area (Å²) < 4.78 is 5.83. The summed E-state index contributed by atoms with van der Waals surface area (Å²) in [6, 6.07) is 14.1. The first kappa shape index (κ1) is 8.48. The number of benzene rings is 1. The van der Waals surface area contributed by atoms with Gasteiger partial charge in [-0.15, -0.1) is 0 Å². The summed E-state index contributed by atoms with van der Waals surface area (Å²) in [5.74, 6) is 0.994. The first-order valence-electron chi connectivity index (χ1n) is 5.09. The van der Waals surface area contributed by atoms with Crippen LogP contribution in [0.5, 0.6) is 5.75 Å². The van der Waals surface area contributed by atoms with E-state index in [0.29, 0.717) is 0 Å². The first-order chi connectivity index (χ1) is 7.43. The molecule has 0 saturated carbocycles. The fraction of sp³-hybridized carbons (Fsp3) is 0.154. The van der Waals surface area contributed by atoms with Gasteiger partial charge in [0.05, 0.1) is 5.69 Å². The number of ether oxygens (including phenoxy) is 1. The number of rotatable bonds is 1. The lowest BCUT2D eigenvalue weighted by Crippen LogP contribution is -2.04. The molecule has 0 N–H and O–H groups in total. The van der Waals surface area contributed by atoms with Crippen LogP contribution in [-0.2, 0) is 6.42 Å². The van der Waals surface area contributed by atoms with Gasteiger partial charge in [0, 0.05) is 12.6 Å². The first-order valence-corrected chi connectivity index (χ1v) is 5.09. The van der Waals surface area contributed by atoms with Gasteiger partial charge in [0.1, 0.15) is 11.9 Å². The quantitative estimate of drug-likeness (QED) is 0.701. The van der Waals surface area contributed by atoms with Gasteiger partial charge in [-0.2, -0.15) is 0 Å². The molecule has 74 valence electrons. The molecule has 0 spiro atoms. The SMILES string of the molecule is c1ccc([C@@H]2Cc3ccccc3O2)nc1. The minimum Gasteiger partial charge on any atom is -0.483 e. The molecule has 1 aliphatic rings. The standard InChI is InChI=1S/C13H11NO/c1-2-7-12-10(5-1)9-13(15-12)11-6-3-4-8-14-11/h1-8,13H,9H2/t13-/m0/s1. The Kier molecular flexibility index (Phi) is 1.91. The summed E-state index contributed by atoms with van der Waals surface area (Å²) in [6.07, 6.45) is 2.82. The zero-order valence-corrected chi connectivity index (χ0v) is 8.26. The lowest BCUT2D eigenvalue weighted by atomic mass is 10.1. The van der Waals surface area contributed by atoms with Crippen LogP contribution in [0.15, 0.2) is 48.7 Å². The second kappa shape index (κ2) is 3.39. The molecule has 0 bridgehead atoms. The van der Waals surface area contributed by atoms with Crippen LogP contribution >= 0.6 is 0 Å². The van der Waals surface area contributed by atoms with Gasteiger partial charge in [-0.1, -0.05) is 24.3 Å². The van der Waals surface area contributed by atoms with Crippen molar-refractivity contribution in [2.24, 2.45) is 0 Å². The van der Waals surface area contributed by atoms with Crippen LogP contribution in [0, 0.1) is 0 Å². The van der Waals surface area contributed by atoms with E-state index >= 15 is 0 Å². The van der Waals surface area contributed by atoms with E-state index < -0.39 is 0 Å². The highest BCUT2D eigenvalue weighted by Gasteiger charge is 2.24. The van der Waals surface area contributed by atoms with Gasteiger partial charge in [-0.3, -0.25) is 4.98 Å². The molecule has 0 aliphatic carbocycles. The third kappa shape index (κ3) is 1.48. The summed E-state index contributed by atoms with van der Waals surface area (Å²) >= 11 is 0. The molecule has 2 heterocycles. The molecule has 0 radical (unpaired) electrons. The Bertz CT molecular complexity index is 442. The number of fused-ring (bicyclic) bond motifs is 1. The van der Waals surface area contributed by atoms with Crippen molar-refractivity contribution in [3.63, 3.8) is 0 Å². The largest absolute Gasteiger partial charge is 0.483 e. The Labute approximate surface area is 88.5 Å². The van der Waals surface area contributed by atoms with E-state index in [1.54, 1.807) is 0 Å². The summed E-state index contributed by atoms with van der Waals surface area (Å²) in [5, 5.41) is 0. The van der Waals surface area contributed by atoms with Crippen molar-refractivity contribution < 1.29 is 4.74 Å². The smallest absolute Gasteiger partial charge is 0.145 e. The van der Waals surface area contributed by atoms with Crippen molar-refractivity contribution in [1.29, 1.82) is 0 Å². The topological polar surface area (TPSA) is 22.1 Å². The molecule has 2 nitrogen and oxygen atoms in total. The minimum absolute atomic E-state index is 0.0867. The van der Waals surface area contributed by atoms with Crippen molar-refractivity contribution in [2.75, 3.05) is 0 Å². The molecule has 0 fully saturated rings. The zero-order chi connectivity index (χ0) is 10.1. The predicted molar refractivity (Wildman–Crippen MR) is 57.8 cm³/mol. The molecule has 1 aromatic carbocycles. The maximum Gasteiger partial charge on any atom is 0.145 e. The molecule has 3 rings (SSSR count). The monoisotopic (exact) mass is 197 g/mol. The van der Waals surface area contributed by atoms with Gasteiger partial charge < -0.3 is 4.74 Å². The summed E-state index contributed by atoms with van der Waals surface area (Å²) in [7, 11) is 0. The Balaban J connectivity index is 1.91. The molecule has 0 unspecified atom stereocenters. The lowest BCUT2D eigenvalue weighted by Gasteiger charge is -2.08. The maximum atomic E-state index is 5.83. The van der Waals surface area contributed by atoms with Crippen molar-refractivity contribution >= 4 is 0 Å². The third-order valence-corrected chi connectivity index (χ3v) is 2.66. The molecule has 15 heavy (non-hydrogen) atoms. The maximum absolute atomic E-state index is 5.83. The molecule has 0 saturated heterocycles. The molecular weight excluding hydrogens is 186 g/mol. The summed E-state index contributed by atoms with van der Waals surface area (Å²) in [4.78, 5) is 4.32. The van der Waals surface area contributed by atoms with Gasteiger partial charge >= 0.3 is 0 Å². The normalized spacial score (nSPS) is 18.3.